The molecule has 0 aliphatic rings. The summed E-state index contributed by atoms with van der Waals surface area (Å²) in [6, 6.07) is 9.87. The van der Waals surface area contributed by atoms with Crippen LogP contribution in [0.2, 0.25) is 0 Å². The average molecular weight is 449 g/mol. The molecule has 0 atom stereocenters. The predicted octanol–water partition coefficient (Wildman–Crippen LogP) is 4.76. The van der Waals surface area contributed by atoms with Gasteiger partial charge in [-0.05, 0) is 35.9 Å². The van der Waals surface area contributed by atoms with Crippen molar-refractivity contribution in [2.24, 2.45) is 0 Å². The van der Waals surface area contributed by atoms with Crippen LogP contribution in [0.5, 0.6) is 17.4 Å². The van der Waals surface area contributed by atoms with Gasteiger partial charge in [0.25, 0.3) is 0 Å². The molecule has 0 saturated carbocycles. The van der Waals surface area contributed by atoms with Gasteiger partial charge in [-0.2, -0.15) is 18.2 Å². The van der Waals surface area contributed by atoms with Crippen molar-refractivity contribution in [2.45, 2.75) is 12.8 Å². The Morgan fingerprint density at radius 3 is 2.47 bits per heavy atom. The Bertz CT molecular complexity index is 1330. The molecule has 0 amide bonds. The monoisotopic (exact) mass is 449 g/mol. The number of hydrogen-bond donors (Lipinski definition) is 0. The molecule has 1 aromatic carbocycles. The van der Waals surface area contributed by atoms with Crippen LogP contribution >= 0.6 is 0 Å². The second-order valence-corrected chi connectivity index (χ2v) is 6.53. The third kappa shape index (κ3) is 4.51. The molecule has 0 radical (unpaired) electrons. The van der Waals surface area contributed by atoms with Crippen LogP contribution < -0.4 is 15.2 Å². The Morgan fingerprint density at radius 2 is 1.75 bits per heavy atom. The first kappa shape index (κ1) is 21.2. The van der Waals surface area contributed by atoms with Gasteiger partial charge in [-0.15, -0.1) is 0 Å². The zero-order chi connectivity index (χ0) is 22.9. The minimum Gasteiger partial charge on any atom is -0.473 e. The summed E-state index contributed by atoms with van der Waals surface area (Å²) in [5.74, 6) is -3.66. The number of rotatable bonds is 5. The van der Waals surface area contributed by atoms with Gasteiger partial charge in [0.1, 0.15) is 18.1 Å². The number of nitrogens with zero attached hydrogens (tertiary/aromatic N) is 3. The molecule has 0 aliphatic carbocycles. The van der Waals surface area contributed by atoms with Crippen molar-refractivity contribution < 1.29 is 31.4 Å². The van der Waals surface area contributed by atoms with Crippen molar-refractivity contribution in [2.75, 3.05) is 0 Å². The first-order chi connectivity index (χ1) is 15.2. The topological polar surface area (TPSA) is 65.7 Å². The smallest absolute Gasteiger partial charge is 0.433 e. The van der Waals surface area contributed by atoms with E-state index >= 15 is 0 Å². The molecule has 0 N–H and O–H groups in total. The fourth-order valence-electron chi connectivity index (χ4n) is 2.83. The Balaban J connectivity index is 1.53. The number of ether oxygens (including phenoxy) is 2. The highest BCUT2D eigenvalue weighted by Crippen LogP contribution is 2.33. The maximum absolute atomic E-state index is 14.4. The van der Waals surface area contributed by atoms with E-state index in [0.717, 1.165) is 24.4 Å². The van der Waals surface area contributed by atoms with Gasteiger partial charge in [0.15, 0.2) is 17.4 Å². The molecule has 0 fully saturated rings. The summed E-state index contributed by atoms with van der Waals surface area (Å²) in [5.41, 5.74) is -1.29. The van der Waals surface area contributed by atoms with Crippen LogP contribution in [0, 0.1) is 11.6 Å². The fourth-order valence-corrected chi connectivity index (χ4v) is 2.83. The summed E-state index contributed by atoms with van der Waals surface area (Å²) in [5, 5.41) is 0. The Hall–Kier alpha value is -4.02. The lowest BCUT2D eigenvalue weighted by molar-refractivity contribution is -0.141. The van der Waals surface area contributed by atoms with E-state index in [1.54, 1.807) is 18.2 Å². The van der Waals surface area contributed by atoms with Gasteiger partial charge in [0.05, 0.1) is 5.52 Å². The Labute approximate surface area is 176 Å². The highest BCUT2D eigenvalue weighted by atomic mass is 19.4. The van der Waals surface area contributed by atoms with E-state index in [4.69, 9.17) is 9.47 Å². The highest BCUT2D eigenvalue weighted by molar-refractivity contribution is 5.48. The van der Waals surface area contributed by atoms with Crippen molar-refractivity contribution in [3.8, 4) is 17.4 Å². The van der Waals surface area contributed by atoms with Crippen molar-refractivity contribution in [3.63, 3.8) is 0 Å². The Morgan fingerprint density at radius 1 is 1.00 bits per heavy atom. The van der Waals surface area contributed by atoms with Crippen molar-refractivity contribution >= 4 is 5.52 Å². The predicted molar refractivity (Wildman–Crippen MR) is 101 cm³/mol. The van der Waals surface area contributed by atoms with E-state index < -0.39 is 40.7 Å². The molecule has 0 saturated heterocycles. The summed E-state index contributed by atoms with van der Waals surface area (Å²) < 4.78 is 78.7. The van der Waals surface area contributed by atoms with Gasteiger partial charge >= 0.3 is 11.9 Å². The van der Waals surface area contributed by atoms with Crippen LogP contribution in [0.15, 0.2) is 65.7 Å². The summed E-state index contributed by atoms with van der Waals surface area (Å²) >= 11 is 0. The van der Waals surface area contributed by atoms with E-state index in [9.17, 15) is 26.7 Å². The second-order valence-electron chi connectivity index (χ2n) is 6.53. The maximum Gasteiger partial charge on any atom is 0.433 e. The normalized spacial score (nSPS) is 11.5. The van der Waals surface area contributed by atoms with Gasteiger partial charge in [0, 0.05) is 24.5 Å². The van der Waals surface area contributed by atoms with Gasteiger partial charge in [-0.3, -0.25) is 9.38 Å². The standard InChI is InChI=1S/C21H12F5N3O3/c22-15-7-12(11-31-18-9-13-3-1-2-6-29(13)20(30)28-18)8-16(23)19(15)32-14-4-5-27-17(10-14)21(24,25)26/h1-10H,11H2. The molecule has 11 heteroatoms. The third-order valence-electron chi connectivity index (χ3n) is 4.26. The first-order valence-electron chi connectivity index (χ1n) is 9.01. The summed E-state index contributed by atoms with van der Waals surface area (Å²) in [6.07, 6.45) is -2.40. The SMILES string of the molecule is O=c1nc(OCc2cc(F)c(Oc3ccnc(C(F)(F)F)c3)c(F)c2)cc2ccccn12. The van der Waals surface area contributed by atoms with Crippen molar-refractivity contribution in [3.05, 3.63) is 94.3 Å². The molecule has 164 valence electrons. The van der Waals surface area contributed by atoms with E-state index in [1.807, 2.05) is 0 Å². The lowest BCUT2D eigenvalue weighted by atomic mass is 10.2. The number of fused-ring (bicyclic) bond motifs is 1. The van der Waals surface area contributed by atoms with Gasteiger partial charge in [-0.1, -0.05) is 6.07 Å². The lowest BCUT2D eigenvalue weighted by Gasteiger charge is -2.12. The number of benzene rings is 1. The minimum absolute atomic E-state index is 0.0428. The molecule has 4 rings (SSSR count). The zero-order valence-electron chi connectivity index (χ0n) is 15.9. The summed E-state index contributed by atoms with van der Waals surface area (Å²) in [7, 11) is 0. The summed E-state index contributed by atoms with van der Waals surface area (Å²) in [6.45, 7) is -0.322. The molecule has 0 bridgehead atoms. The second kappa shape index (κ2) is 8.25. The fraction of sp³-hybridized carbons (Fsp3) is 0.0952. The highest BCUT2D eigenvalue weighted by Gasteiger charge is 2.32. The van der Waals surface area contributed by atoms with E-state index in [-0.39, 0.29) is 18.1 Å². The molecule has 0 spiro atoms. The average Bonchev–Trinajstić information content (AvgIpc) is 2.74. The number of pyridine rings is 2. The summed E-state index contributed by atoms with van der Waals surface area (Å²) in [4.78, 5) is 18.9. The third-order valence-corrected chi connectivity index (χ3v) is 4.26. The zero-order valence-corrected chi connectivity index (χ0v) is 15.9. The van der Waals surface area contributed by atoms with Gasteiger partial charge in [-0.25, -0.2) is 13.6 Å². The molecular weight excluding hydrogens is 437 g/mol. The van der Waals surface area contributed by atoms with Crippen LogP contribution in [-0.2, 0) is 12.8 Å². The molecule has 6 nitrogen and oxygen atoms in total. The number of alkyl halides is 3. The van der Waals surface area contributed by atoms with E-state index in [2.05, 4.69) is 9.97 Å². The van der Waals surface area contributed by atoms with Crippen LogP contribution in [-0.4, -0.2) is 14.4 Å². The number of aromatic nitrogens is 3. The van der Waals surface area contributed by atoms with Gasteiger partial charge < -0.3 is 9.47 Å². The molecule has 4 aromatic rings. The van der Waals surface area contributed by atoms with Crippen LogP contribution in [0.3, 0.4) is 0 Å². The van der Waals surface area contributed by atoms with E-state index in [0.29, 0.717) is 11.6 Å². The molecule has 3 heterocycles. The molecule has 0 unspecified atom stereocenters. The molecular formula is C21H12F5N3O3. The Kier molecular flexibility index (Phi) is 5.47. The maximum atomic E-state index is 14.4. The first-order valence-corrected chi connectivity index (χ1v) is 9.01. The lowest BCUT2D eigenvalue weighted by Crippen LogP contribution is -2.17. The minimum atomic E-state index is -4.74. The van der Waals surface area contributed by atoms with Crippen molar-refractivity contribution in [1.29, 1.82) is 0 Å². The largest absolute Gasteiger partial charge is 0.473 e. The quantitative estimate of drug-likeness (QED) is 0.411. The molecule has 32 heavy (non-hydrogen) atoms. The number of hydrogen-bond acceptors (Lipinski definition) is 5. The van der Waals surface area contributed by atoms with Crippen LogP contribution in [0.1, 0.15) is 11.3 Å². The number of halogens is 5. The van der Waals surface area contributed by atoms with Gasteiger partial charge in [0.2, 0.25) is 5.88 Å². The van der Waals surface area contributed by atoms with Crippen molar-refractivity contribution in [1.82, 2.24) is 14.4 Å². The van der Waals surface area contributed by atoms with Crippen LogP contribution in [0.25, 0.3) is 5.52 Å². The molecule has 0 aliphatic heterocycles. The van der Waals surface area contributed by atoms with Crippen LogP contribution in [0.4, 0.5) is 22.0 Å². The molecule has 3 aromatic heterocycles. The van der Waals surface area contributed by atoms with E-state index in [1.165, 1.54) is 16.7 Å².